The van der Waals surface area contributed by atoms with Gasteiger partial charge in [-0.2, -0.15) is 0 Å². The summed E-state index contributed by atoms with van der Waals surface area (Å²) in [7, 11) is 0. The van der Waals surface area contributed by atoms with Gasteiger partial charge in [-0.3, -0.25) is 5.32 Å². The molecule has 0 heterocycles. The minimum absolute atomic E-state index is 0.426. The fraction of sp³-hybridized carbons (Fsp3) is 0.611. The van der Waals surface area contributed by atoms with E-state index in [4.69, 9.17) is 4.74 Å². The molecular weight excluding hydrogens is 276 g/mol. The second-order valence-electron chi connectivity index (χ2n) is 6.51. The van der Waals surface area contributed by atoms with Crippen LogP contribution in [0.5, 0.6) is 0 Å². The van der Waals surface area contributed by atoms with Crippen molar-refractivity contribution in [2.75, 3.05) is 17.2 Å². The molecule has 0 atom stereocenters. The third kappa shape index (κ3) is 7.91. The summed E-state index contributed by atoms with van der Waals surface area (Å²) in [5, 5.41) is 6.19. The molecule has 22 heavy (non-hydrogen) atoms. The fourth-order valence-electron chi connectivity index (χ4n) is 2.11. The zero-order valence-corrected chi connectivity index (χ0v) is 14.4. The first kappa shape index (κ1) is 18.3. The number of carbonyl (C=O) groups excluding carboxylic acids is 1. The van der Waals surface area contributed by atoms with Crippen LogP contribution in [0, 0.1) is 0 Å². The highest BCUT2D eigenvalue weighted by molar-refractivity contribution is 5.89. The SMILES string of the molecule is CCCCCCCNc1ccccc1NC(=O)OC(C)(C)C. The number of nitrogens with one attached hydrogen (secondary N) is 2. The number of anilines is 2. The van der Waals surface area contributed by atoms with Crippen LogP contribution in [0.25, 0.3) is 0 Å². The minimum Gasteiger partial charge on any atom is -0.444 e. The molecule has 124 valence electrons. The van der Waals surface area contributed by atoms with Crippen molar-refractivity contribution in [3.63, 3.8) is 0 Å². The highest BCUT2D eigenvalue weighted by atomic mass is 16.6. The third-order valence-corrected chi connectivity index (χ3v) is 3.16. The van der Waals surface area contributed by atoms with Crippen LogP contribution in [0.4, 0.5) is 16.2 Å². The van der Waals surface area contributed by atoms with Crippen LogP contribution in [-0.4, -0.2) is 18.2 Å². The number of carbonyl (C=O) groups is 1. The topological polar surface area (TPSA) is 50.4 Å². The van der Waals surface area contributed by atoms with Gasteiger partial charge in [-0.25, -0.2) is 4.79 Å². The molecule has 0 saturated carbocycles. The van der Waals surface area contributed by atoms with E-state index in [1.807, 2.05) is 45.0 Å². The Morgan fingerprint density at radius 3 is 2.32 bits per heavy atom. The van der Waals surface area contributed by atoms with E-state index in [1.54, 1.807) is 0 Å². The summed E-state index contributed by atoms with van der Waals surface area (Å²) in [6.45, 7) is 8.70. The molecule has 0 aromatic heterocycles. The van der Waals surface area contributed by atoms with Crippen LogP contribution in [-0.2, 0) is 4.74 Å². The zero-order valence-electron chi connectivity index (χ0n) is 14.4. The summed E-state index contributed by atoms with van der Waals surface area (Å²) >= 11 is 0. The number of benzene rings is 1. The standard InChI is InChI=1S/C18H30N2O2/c1-5-6-7-8-11-14-19-15-12-9-10-13-16(15)20-17(21)22-18(2,3)4/h9-10,12-13,19H,5-8,11,14H2,1-4H3,(H,20,21). The number of amides is 1. The van der Waals surface area contributed by atoms with Crippen LogP contribution < -0.4 is 10.6 Å². The van der Waals surface area contributed by atoms with Gasteiger partial charge >= 0.3 is 6.09 Å². The van der Waals surface area contributed by atoms with Gasteiger partial charge in [-0.05, 0) is 39.3 Å². The Bertz CT molecular complexity index is 453. The molecule has 0 bridgehead atoms. The average Bonchev–Trinajstić information content (AvgIpc) is 2.42. The van der Waals surface area contributed by atoms with E-state index in [-0.39, 0.29) is 0 Å². The molecule has 1 amide bonds. The Balaban J connectivity index is 2.46. The number of unbranched alkanes of at least 4 members (excludes halogenated alkanes) is 4. The van der Waals surface area contributed by atoms with Gasteiger partial charge in [0.15, 0.2) is 0 Å². The lowest BCUT2D eigenvalue weighted by Crippen LogP contribution is -2.27. The van der Waals surface area contributed by atoms with Crippen molar-refractivity contribution in [2.24, 2.45) is 0 Å². The molecule has 4 nitrogen and oxygen atoms in total. The normalized spacial score (nSPS) is 11.1. The Morgan fingerprint density at radius 2 is 1.68 bits per heavy atom. The third-order valence-electron chi connectivity index (χ3n) is 3.16. The molecule has 0 fully saturated rings. The molecule has 0 radical (unpaired) electrons. The zero-order chi connectivity index (χ0) is 16.4. The summed E-state index contributed by atoms with van der Waals surface area (Å²) in [4.78, 5) is 11.9. The predicted molar refractivity (Wildman–Crippen MR) is 93.5 cm³/mol. The maximum Gasteiger partial charge on any atom is 0.412 e. The Labute approximate surface area is 134 Å². The maximum absolute atomic E-state index is 11.9. The molecule has 2 N–H and O–H groups in total. The van der Waals surface area contributed by atoms with Crippen molar-refractivity contribution in [3.8, 4) is 0 Å². The second-order valence-corrected chi connectivity index (χ2v) is 6.51. The predicted octanol–water partition coefficient (Wildman–Crippen LogP) is 5.42. The first-order chi connectivity index (χ1) is 10.4. The summed E-state index contributed by atoms with van der Waals surface area (Å²) in [6.07, 6.45) is 5.80. The maximum atomic E-state index is 11.9. The quantitative estimate of drug-likeness (QED) is 0.631. The van der Waals surface area contributed by atoms with Crippen molar-refractivity contribution < 1.29 is 9.53 Å². The van der Waals surface area contributed by atoms with Gasteiger partial charge in [0.25, 0.3) is 0 Å². The van der Waals surface area contributed by atoms with E-state index >= 15 is 0 Å². The molecular formula is C18H30N2O2. The van der Waals surface area contributed by atoms with Crippen molar-refractivity contribution in [2.45, 2.75) is 65.4 Å². The molecule has 1 rings (SSSR count). The molecule has 1 aromatic carbocycles. The van der Waals surface area contributed by atoms with E-state index < -0.39 is 11.7 Å². The van der Waals surface area contributed by atoms with Crippen LogP contribution in [0.1, 0.15) is 59.8 Å². The lowest BCUT2D eigenvalue weighted by Gasteiger charge is -2.20. The van der Waals surface area contributed by atoms with E-state index in [9.17, 15) is 4.79 Å². The van der Waals surface area contributed by atoms with Gasteiger partial charge in [-0.1, -0.05) is 44.7 Å². The van der Waals surface area contributed by atoms with Gasteiger partial charge in [0.1, 0.15) is 5.60 Å². The lowest BCUT2D eigenvalue weighted by atomic mass is 10.1. The van der Waals surface area contributed by atoms with E-state index in [0.29, 0.717) is 0 Å². The highest BCUT2D eigenvalue weighted by Gasteiger charge is 2.16. The van der Waals surface area contributed by atoms with Crippen molar-refractivity contribution in [3.05, 3.63) is 24.3 Å². The molecule has 0 aliphatic rings. The molecule has 4 heteroatoms. The second kappa shape index (κ2) is 9.34. The van der Waals surface area contributed by atoms with Crippen molar-refractivity contribution in [1.29, 1.82) is 0 Å². The number of para-hydroxylation sites is 2. The van der Waals surface area contributed by atoms with Gasteiger partial charge in [-0.15, -0.1) is 0 Å². The summed E-state index contributed by atoms with van der Waals surface area (Å²) in [6, 6.07) is 7.71. The highest BCUT2D eigenvalue weighted by Crippen LogP contribution is 2.22. The first-order valence-corrected chi connectivity index (χ1v) is 8.25. The number of hydrogen-bond donors (Lipinski definition) is 2. The van der Waals surface area contributed by atoms with Crippen LogP contribution in [0.15, 0.2) is 24.3 Å². The number of ether oxygens (including phenoxy) is 1. The average molecular weight is 306 g/mol. The summed E-state index contributed by atoms with van der Waals surface area (Å²) in [5.74, 6) is 0. The minimum atomic E-state index is -0.494. The Hall–Kier alpha value is -1.71. The van der Waals surface area contributed by atoms with Crippen LogP contribution in [0.2, 0.25) is 0 Å². The Kier molecular flexibility index (Phi) is 7.78. The molecule has 0 aliphatic carbocycles. The van der Waals surface area contributed by atoms with Gasteiger partial charge in [0, 0.05) is 6.54 Å². The molecule has 0 aliphatic heterocycles. The van der Waals surface area contributed by atoms with Crippen molar-refractivity contribution in [1.82, 2.24) is 0 Å². The smallest absolute Gasteiger partial charge is 0.412 e. The van der Waals surface area contributed by atoms with E-state index in [2.05, 4.69) is 17.6 Å². The molecule has 1 aromatic rings. The Morgan fingerprint density at radius 1 is 1.05 bits per heavy atom. The van der Waals surface area contributed by atoms with Gasteiger partial charge in [0.2, 0.25) is 0 Å². The number of rotatable bonds is 8. The largest absolute Gasteiger partial charge is 0.444 e. The van der Waals surface area contributed by atoms with Crippen molar-refractivity contribution >= 4 is 17.5 Å². The van der Waals surface area contributed by atoms with Gasteiger partial charge in [0.05, 0.1) is 11.4 Å². The van der Waals surface area contributed by atoms with E-state index in [0.717, 1.165) is 24.3 Å². The van der Waals surface area contributed by atoms with Crippen LogP contribution >= 0.6 is 0 Å². The molecule has 0 spiro atoms. The summed E-state index contributed by atoms with van der Waals surface area (Å²) in [5.41, 5.74) is 1.19. The summed E-state index contributed by atoms with van der Waals surface area (Å²) < 4.78 is 5.29. The van der Waals surface area contributed by atoms with Crippen LogP contribution in [0.3, 0.4) is 0 Å². The monoisotopic (exact) mass is 306 g/mol. The molecule has 0 saturated heterocycles. The number of hydrogen-bond acceptors (Lipinski definition) is 3. The van der Waals surface area contributed by atoms with Gasteiger partial charge < -0.3 is 10.1 Å². The van der Waals surface area contributed by atoms with E-state index in [1.165, 1.54) is 25.7 Å². The fourth-order valence-corrected chi connectivity index (χ4v) is 2.11. The first-order valence-electron chi connectivity index (χ1n) is 8.25. The molecule has 0 unspecified atom stereocenters. The lowest BCUT2D eigenvalue weighted by molar-refractivity contribution is 0.0636.